The first kappa shape index (κ1) is 21.7. The van der Waals surface area contributed by atoms with E-state index in [2.05, 4.69) is 5.32 Å². The Morgan fingerprint density at radius 1 is 1.10 bits per heavy atom. The number of nitro groups is 1. The summed E-state index contributed by atoms with van der Waals surface area (Å²) >= 11 is 0. The Hall–Kier alpha value is -2.98. The third-order valence-corrected chi connectivity index (χ3v) is 6.86. The summed E-state index contributed by atoms with van der Waals surface area (Å²) in [6.07, 6.45) is 2.66. The van der Waals surface area contributed by atoms with Crippen molar-refractivity contribution in [3.8, 4) is 0 Å². The first-order valence-electron chi connectivity index (χ1n) is 9.57. The summed E-state index contributed by atoms with van der Waals surface area (Å²) < 4.78 is 27.5. The van der Waals surface area contributed by atoms with Gasteiger partial charge in [-0.3, -0.25) is 14.9 Å². The molecule has 3 rings (SSSR count). The Labute approximate surface area is 175 Å². The zero-order valence-electron chi connectivity index (χ0n) is 16.9. The highest BCUT2D eigenvalue weighted by Crippen LogP contribution is 2.30. The molecule has 0 bridgehead atoms. The van der Waals surface area contributed by atoms with Crippen LogP contribution in [0.2, 0.25) is 0 Å². The Morgan fingerprint density at radius 3 is 2.43 bits per heavy atom. The molecule has 9 nitrogen and oxygen atoms in total. The predicted octanol–water partition coefficient (Wildman–Crippen LogP) is 3.09. The number of non-ortho nitro benzene ring substituents is 1. The molecule has 1 amide bonds. The van der Waals surface area contributed by atoms with Crippen LogP contribution in [-0.4, -0.2) is 50.7 Å². The van der Waals surface area contributed by atoms with Crippen LogP contribution in [0.5, 0.6) is 0 Å². The second kappa shape index (κ2) is 8.80. The molecular weight excluding hydrogens is 408 g/mol. The molecule has 160 valence electrons. The average Bonchev–Trinajstić information content (AvgIpc) is 2.74. The van der Waals surface area contributed by atoms with Crippen LogP contribution in [0.4, 0.5) is 17.1 Å². The Balaban J connectivity index is 1.94. The lowest BCUT2D eigenvalue weighted by Gasteiger charge is -2.26. The van der Waals surface area contributed by atoms with Crippen LogP contribution in [-0.2, 0) is 10.0 Å². The third-order valence-electron chi connectivity index (χ3n) is 4.97. The van der Waals surface area contributed by atoms with E-state index in [1.54, 1.807) is 25.1 Å². The van der Waals surface area contributed by atoms with Gasteiger partial charge in [-0.15, -0.1) is 0 Å². The molecule has 1 saturated heterocycles. The average molecular weight is 433 g/mol. The van der Waals surface area contributed by atoms with Crippen molar-refractivity contribution in [1.82, 2.24) is 4.31 Å². The third kappa shape index (κ3) is 4.60. The number of hydrogen-bond acceptors (Lipinski definition) is 6. The molecule has 30 heavy (non-hydrogen) atoms. The summed E-state index contributed by atoms with van der Waals surface area (Å²) in [5.74, 6) is -0.561. The number of nitro benzene ring substituents is 1. The fourth-order valence-electron chi connectivity index (χ4n) is 3.38. The minimum absolute atomic E-state index is 0.101. The number of piperidine rings is 1. The van der Waals surface area contributed by atoms with Crippen molar-refractivity contribution in [2.75, 3.05) is 37.4 Å². The Kier molecular flexibility index (Phi) is 6.37. The summed E-state index contributed by atoms with van der Waals surface area (Å²) in [6, 6.07) is 9.98. The van der Waals surface area contributed by atoms with Gasteiger partial charge in [0, 0.05) is 44.9 Å². The van der Waals surface area contributed by atoms with Crippen molar-refractivity contribution in [3.05, 3.63) is 58.1 Å². The van der Waals surface area contributed by atoms with Crippen LogP contribution in [0.25, 0.3) is 0 Å². The number of benzene rings is 2. The molecular formula is C20H24N4O5S. The van der Waals surface area contributed by atoms with Gasteiger partial charge in [0.05, 0.1) is 21.2 Å². The number of hydrogen-bond donors (Lipinski definition) is 1. The standard InChI is InChI=1S/C20H24N4O5S/c1-22(2)19-10-9-17(30(28,29)23-11-4-3-5-12-23)14-18(19)21-20(25)15-7-6-8-16(13-15)24(26)27/h6-10,13-14H,3-5,11-12H2,1-2H3,(H,21,25). The first-order valence-corrected chi connectivity index (χ1v) is 11.0. The van der Waals surface area contributed by atoms with Gasteiger partial charge in [0.25, 0.3) is 11.6 Å². The van der Waals surface area contributed by atoms with Gasteiger partial charge in [-0.1, -0.05) is 12.5 Å². The van der Waals surface area contributed by atoms with E-state index in [9.17, 15) is 23.3 Å². The molecule has 0 aliphatic carbocycles. The molecule has 0 unspecified atom stereocenters. The van der Waals surface area contributed by atoms with Gasteiger partial charge in [0.2, 0.25) is 10.0 Å². The molecule has 2 aromatic rings. The summed E-state index contributed by atoms with van der Waals surface area (Å²) in [4.78, 5) is 25.0. The van der Waals surface area contributed by atoms with Crippen LogP contribution in [0.3, 0.4) is 0 Å². The lowest BCUT2D eigenvalue weighted by Crippen LogP contribution is -2.35. The van der Waals surface area contributed by atoms with Gasteiger partial charge >= 0.3 is 0 Å². The second-order valence-electron chi connectivity index (χ2n) is 7.30. The summed E-state index contributed by atoms with van der Waals surface area (Å²) in [7, 11) is -0.121. The van der Waals surface area contributed by atoms with E-state index in [-0.39, 0.29) is 16.1 Å². The predicted molar refractivity (Wildman–Crippen MR) is 114 cm³/mol. The van der Waals surface area contributed by atoms with Crippen molar-refractivity contribution in [2.45, 2.75) is 24.2 Å². The quantitative estimate of drug-likeness (QED) is 0.554. The molecule has 1 heterocycles. The highest BCUT2D eigenvalue weighted by Gasteiger charge is 2.27. The van der Waals surface area contributed by atoms with Crippen LogP contribution >= 0.6 is 0 Å². The van der Waals surface area contributed by atoms with Crippen molar-refractivity contribution >= 4 is 33.0 Å². The van der Waals surface area contributed by atoms with Gasteiger partial charge < -0.3 is 10.2 Å². The number of anilines is 2. The SMILES string of the molecule is CN(C)c1ccc(S(=O)(=O)N2CCCCC2)cc1NC(=O)c1cccc([N+](=O)[O-])c1. The van der Waals surface area contributed by atoms with Crippen molar-refractivity contribution < 1.29 is 18.1 Å². The number of amides is 1. The maximum Gasteiger partial charge on any atom is 0.270 e. The highest BCUT2D eigenvalue weighted by atomic mass is 32.2. The molecule has 0 aromatic heterocycles. The van der Waals surface area contributed by atoms with Crippen LogP contribution in [0, 0.1) is 10.1 Å². The van der Waals surface area contributed by atoms with E-state index in [0.29, 0.717) is 24.5 Å². The molecule has 1 fully saturated rings. The maximum atomic E-state index is 13.0. The summed E-state index contributed by atoms with van der Waals surface area (Å²) in [5, 5.41) is 13.7. The van der Waals surface area contributed by atoms with Gasteiger partial charge in [-0.25, -0.2) is 8.42 Å². The number of carbonyl (C=O) groups is 1. The molecule has 0 atom stereocenters. The van der Waals surface area contributed by atoms with E-state index in [1.807, 2.05) is 0 Å². The number of carbonyl (C=O) groups excluding carboxylic acids is 1. The largest absolute Gasteiger partial charge is 0.376 e. The fourth-order valence-corrected chi connectivity index (χ4v) is 4.92. The highest BCUT2D eigenvalue weighted by molar-refractivity contribution is 7.89. The topological polar surface area (TPSA) is 113 Å². The molecule has 10 heteroatoms. The first-order chi connectivity index (χ1) is 14.2. The lowest BCUT2D eigenvalue weighted by molar-refractivity contribution is -0.384. The van der Waals surface area contributed by atoms with Crippen LogP contribution < -0.4 is 10.2 Å². The Bertz CT molecular complexity index is 1060. The van der Waals surface area contributed by atoms with E-state index >= 15 is 0 Å². The number of rotatable bonds is 6. The number of sulfonamides is 1. The van der Waals surface area contributed by atoms with Crippen molar-refractivity contribution in [1.29, 1.82) is 0 Å². The molecule has 0 radical (unpaired) electrons. The zero-order valence-corrected chi connectivity index (χ0v) is 17.7. The van der Waals surface area contributed by atoms with Crippen LogP contribution in [0.15, 0.2) is 47.4 Å². The monoisotopic (exact) mass is 432 g/mol. The van der Waals surface area contributed by atoms with Gasteiger partial charge in [0.15, 0.2) is 0 Å². The minimum atomic E-state index is -3.67. The summed E-state index contributed by atoms with van der Waals surface area (Å²) in [6.45, 7) is 0.959. The number of nitrogens with one attached hydrogen (secondary N) is 1. The molecule has 1 aliphatic rings. The van der Waals surface area contributed by atoms with Crippen molar-refractivity contribution in [2.24, 2.45) is 0 Å². The maximum absolute atomic E-state index is 13.0. The minimum Gasteiger partial charge on any atom is -0.376 e. The smallest absolute Gasteiger partial charge is 0.270 e. The van der Waals surface area contributed by atoms with E-state index < -0.39 is 20.9 Å². The molecule has 0 spiro atoms. The fraction of sp³-hybridized carbons (Fsp3) is 0.350. The number of nitrogens with zero attached hydrogens (tertiary/aromatic N) is 3. The summed E-state index contributed by atoms with van der Waals surface area (Å²) in [5.41, 5.74) is 0.844. The van der Waals surface area contributed by atoms with Gasteiger partial charge in [0.1, 0.15) is 0 Å². The van der Waals surface area contributed by atoms with E-state index in [0.717, 1.165) is 19.3 Å². The molecule has 1 aliphatic heterocycles. The van der Waals surface area contributed by atoms with Gasteiger partial charge in [-0.05, 0) is 37.1 Å². The van der Waals surface area contributed by atoms with Crippen molar-refractivity contribution in [3.63, 3.8) is 0 Å². The van der Waals surface area contributed by atoms with E-state index in [4.69, 9.17) is 0 Å². The van der Waals surface area contributed by atoms with E-state index in [1.165, 1.54) is 40.7 Å². The Morgan fingerprint density at radius 2 is 1.80 bits per heavy atom. The molecule has 0 saturated carbocycles. The van der Waals surface area contributed by atoms with Gasteiger partial charge in [-0.2, -0.15) is 4.31 Å². The lowest BCUT2D eigenvalue weighted by atomic mass is 10.1. The second-order valence-corrected chi connectivity index (χ2v) is 9.24. The molecule has 1 N–H and O–H groups in total. The zero-order chi connectivity index (χ0) is 21.9. The molecule has 2 aromatic carbocycles. The normalized spacial score (nSPS) is 14.9. The van der Waals surface area contributed by atoms with Crippen LogP contribution in [0.1, 0.15) is 29.6 Å².